The fourth-order valence-corrected chi connectivity index (χ4v) is 2.98. The summed E-state index contributed by atoms with van der Waals surface area (Å²) in [4.78, 5) is 13.9. The number of benzene rings is 1. The Labute approximate surface area is 127 Å². The standard InChI is InChI=1S/C17H26N2O2/c1-19(12-14-7-3-2-4-8-14)13-17(21)18-11-16(20)15-9-5-6-10-15/h2-4,7-8,15-16,20H,5-6,9-13H2,1H3,(H,18,21). The molecule has 1 amide bonds. The molecule has 1 aliphatic carbocycles. The topological polar surface area (TPSA) is 52.6 Å². The lowest BCUT2D eigenvalue weighted by Crippen LogP contribution is -2.40. The van der Waals surface area contributed by atoms with E-state index in [1.807, 2.05) is 30.1 Å². The number of rotatable bonds is 7. The average Bonchev–Trinajstić information content (AvgIpc) is 3.00. The summed E-state index contributed by atoms with van der Waals surface area (Å²) in [7, 11) is 1.93. The van der Waals surface area contributed by atoms with E-state index in [2.05, 4.69) is 17.4 Å². The molecule has 1 aromatic carbocycles. The number of hydrogen-bond acceptors (Lipinski definition) is 3. The van der Waals surface area contributed by atoms with Gasteiger partial charge in [0.25, 0.3) is 0 Å². The Balaban J connectivity index is 1.66. The van der Waals surface area contributed by atoms with Gasteiger partial charge < -0.3 is 10.4 Å². The van der Waals surface area contributed by atoms with Crippen LogP contribution < -0.4 is 5.32 Å². The molecule has 1 aliphatic rings. The van der Waals surface area contributed by atoms with Crippen molar-refractivity contribution < 1.29 is 9.90 Å². The zero-order valence-electron chi connectivity index (χ0n) is 12.8. The first kappa shape index (κ1) is 16.0. The van der Waals surface area contributed by atoms with Crippen LogP contribution in [0.25, 0.3) is 0 Å². The number of nitrogens with zero attached hydrogens (tertiary/aromatic N) is 1. The fourth-order valence-electron chi connectivity index (χ4n) is 2.98. The Kier molecular flexibility index (Phi) is 6.21. The van der Waals surface area contributed by atoms with Crippen LogP contribution in [0.15, 0.2) is 30.3 Å². The highest BCUT2D eigenvalue weighted by Gasteiger charge is 2.23. The van der Waals surface area contributed by atoms with E-state index < -0.39 is 6.10 Å². The van der Waals surface area contributed by atoms with Crippen molar-refractivity contribution in [2.24, 2.45) is 5.92 Å². The molecule has 2 rings (SSSR count). The van der Waals surface area contributed by atoms with Crippen molar-refractivity contribution in [2.75, 3.05) is 20.1 Å². The van der Waals surface area contributed by atoms with Crippen LogP contribution in [0.1, 0.15) is 31.2 Å². The normalized spacial score (nSPS) is 17.1. The number of hydrogen-bond donors (Lipinski definition) is 2. The van der Waals surface area contributed by atoms with Gasteiger partial charge in [-0.05, 0) is 31.4 Å². The summed E-state index contributed by atoms with van der Waals surface area (Å²) < 4.78 is 0. The molecule has 4 nitrogen and oxygen atoms in total. The van der Waals surface area contributed by atoms with E-state index in [9.17, 15) is 9.90 Å². The number of aliphatic hydroxyl groups excluding tert-OH is 1. The second-order valence-corrected chi connectivity index (χ2v) is 6.07. The van der Waals surface area contributed by atoms with Gasteiger partial charge in [0.05, 0.1) is 12.6 Å². The molecule has 1 aromatic rings. The van der Waals surface area contributed by atoms with Gasteiger partial charge >= 0.3 is 0 Å². The molecule has 0 aromatic heterocycles. The number of carbonyl (C=O) groups excluding carboxylic acids is 1. The number of amides is 1. The molecule has 0 saturated heterocycles. The molecule has 4 heteroatoms. The van der Waals surface area contributed by atoms with Gasteiger partial charge in [0.1, 0.15) is 0 Å². The van der Waals surface area contributed by atoms with Crippen molar-refractivity contribution >= 4 is 5.91 Å². The van der Waals surface area contributed by atoms with Crippen molar-refractivity contribution in [3.05, 3.63) is 35.9 Å². The summed E-state index contributed by atoms with van der Waals surface area (Å²) in [5.74, 6) is 0.345. The Morgan fingerprint density at radius 2 is 2.00 bits per heavy atom. The Morgan fingerprint density at radius 1 is 1.33 bits per heavy atom. The Bertz CT molecular complexity index is 430. The summed E-state index contributed by atoms with van der Waals surface area (Å²) >= 11 is 0. The Morgan fingerprint density at radius 3 is 2.67 bits per heavy atom. The molecule has 0 spiro atoms. The van der Waals surface area contributed by atoms with Gasteiger partial charge in [-0.3, -0.25) is 9.69 Å². The summed E-state index contributed by atoms with van der Waals surface area (Å²) in [6, 6.07) is 10.1. The van der Waals surface area contributed by atoms with Crippen molar-refractivity contribution in [3.63, 3.8) is 0 Å². The molecule has 116 valence electrons. The maximum atomic E-state index is 11.9. The smallest absolute Gasteiger partial charge is 0.234 e. The van der Waals surface area contributed by atoms with Gasteiger partial charge in [-0.25, -0.2) is 0 Å². The molecule has 1 fully saturated rings. The van der Waals surface area contributed by atoms with Gasteiger partial charge in [-0.1, -0.05) is 43.2 Å². The predicted octanol–water partition coefficient (Wildman–Crippen LogP) is 1.79. The molecule has 1 atom stereocenters. The molecule has 0 heterocycles. The summed E-state index contributed by atoms with van der Waals surface area (Å²) in [6.07, 6.45) is 4.19. The molecular formula is C17H26N2O2. The lowest BCUT2D eigenvalue weighted by Gasteiger charge is -2.20. The first-order chi connectivity index (χ1) is 10.1. The summed E-state index contributed by atoms with van der Waals surface area (Å²) in [5, 5.41) is 12.9. The quantitative estimate of drug-likeness (QED) is 0.805. The number of carbonyl (C=O) groups is 1. The number of nitrogens with one attached hydrogen (secondary N) is 1. The summed E-state index contributed by atoms with van der Waals surface area (Å²) in [6.45, 7) is 1.48. The molecule has 0 aliphatic heterocycles. The van der Waals surface area contributed by atoms with Crippen LogP contribution in [-0.2, 0) is 11.3 Å². The molecule has 2 N–H and O–H groups in total. The van der Waals surface area contributed by atoms with Crippen LogP contribution in [0, 0.1) is 5.92 Å². The molecule has 21 heavy (non-hydrogen) atoms. The highest BCUT2D eigenvalue weighted by Crippen LogP contribution is 2.27. The lowest BCUT2D eigenvalue weighted by molar-refractivity contribution is -0.122. The van der Waals surface area contributed by atoms with E-state index in [0.717, 1.165) is 19.4 Å². The second kappa shape index (κ2) is 8.15. The van der Waals surface area contributed by atoms with Gasteiger partial charge in [-0.2, -0.15) is 0 Å². The molecular weight excluding hydrogens is 264 g/mol. The van der Waals surface area contributed by atoms with Crippen molar-refractivity contribution in [1.82, 2.24) is 10.2 Å². The minimum absolute atomic E-state index is 0.0227. The monoisotopic (exact) mass is 290 g/mol. The lowest BCUT2D eigenvalue weighted by atomic mass is 10.0. The largest absolute Gasteiger partial charge is 0.391 e. The minimum Gasteiger partial charge on any atom is -0.391 e. The highest BCUT2D eigenvalue weighted by atomic mass is 16.3. The van der Waals surface area contributed by atoms with Gasteiger partial charge in [0.2, 0.25) is 5.91 Å². The van der Waals surface area contributed by atoms with Crippen LogP contribution in [0.3, 0.4) is 0 Å². The molecule has 1 unspecified atom stereocenters. The van der Waals surface area contributed by atoms with Crippen LogP contribution in [0.5, 0.6) is 0 Å². The van der Waals surface area contributed by atoms with Gasteiger partial charge in [0, 0.05) is 13.1 Å². The first-order valence-electron chi connectivity index (χ1n) is 7.82. The van der Waals surface area contributed by atoms with E-state index in [1.165, 1.54) is 18.4 Å². The Hall–Kier alpha value is -1.39. The van der Waals surface area contributed by atoms with Crippen LogP contribution in [0.4, 0.5) is 0 Å². The van der Waals surface area contributed by atoms with E-state index >= 15 is 0 Å². The molecule has 0 radical (unpaired) electrons. The zero-order valence-corrected chi connectivity index (χ0v) is 12.8. The maximum absolute atomic E-state index is 11.9. The third-order valence-electron chi connectivity index (χ3n) is 4.16. The van der Waals surface area contributed by atoms with E-state index in [0.29, 0.717) is 19.0 Å². The third-order valence-corrected chi connectivity index (χ3v) is 4.16. The second-order valence-electron chi connectivity index (χ2n) is 6.07. The zero-order chi connectivity index (χ0) is 15.1. The SMILES string of the molecule is CN(CC(=O)NCC(O)C1CCCC1)Cc1ccccc1. The summed E-state index contributed by atoms with van der Waals surface area (Å²) in [5.41, 5.74) is 1.19. The number of aliphatic hydroxyl groups is 1. The van der Waals surface area contributed by atoms with Crippen LogP contribution in [-0.4, -0.2) is 42.2 Å². The predicted molar refractivity (Wildman–Crippen MR) is 83.8 cm³/mol. The van der Waals surface area contributed by atoms with E-state index in [4.69, 9.17) is 0 Å². The van der Waals surface area contributed by atoms with Crippen molar-refractivity contribution in [1.29, 1.82) is 0 Å². The van der Waals surface area contributed by atoms with Crippen molar-refractivity contribution in [3.8, 4) is 0 Å². The van der Waals surface area contributed by atoms with Gasteiger partial charge in [0.15, 0.2) is 0 Å². The highest BCUT2D eigenvalue weighted by molar-refractivity contribution is 5.77. The van der Waals surface area contributed by atoms with Crippen molar-refractivity contribution in [2.45, 2.75) is 38.3 Å². The fraction of sp³-hybridized carbons (Fsp3) is 0.588. The first-order valence-corrected chi connectivity index (χ1v) is 7.82. The maximum Gasteiger partial charge on any atom is 0.234 e. The molecule has 1 saturated carbocycles. The van der Waals surface area contributed by atoms with Crippen LogP contribution in [0.2, 0.25) is 0 Å². The average molecular weight is 290 g/mol. The number of likely N-dealkylation sites (N-methyl/N-ethyl adjacent to an activating group) is 1. The molecule has 0 bridgehead atoms. The third kappa shape index (κ3) is 5.48. The van der Waals surface area contributed by atoms with Gasteiger partial charge in [-0.15, -0.1) is 0 Å². The van der Waals surface area contributed by atoms with Crippen LogP contribution >= 0.6 is 0 Å². The van der Waals surface area contributed by atoms with E-state index in [-0.39, 0.29) is 5.91 Å². The minimum atomic E-state index is -0.393. The van der Waals surface area contributed by atoms with E-state index in [1.54, 1.807) is 0 Å².